The van der Waals surface area contributed by atoms with E-state index in [0.29, 0.717) is 6.61 Å². The molecule has 0 spiro atoms. The zero-order valence-corrected chi connectivity index (χ0v) is 8.99. The van der Waals surface area contributed by atoms with E-state index in [1.165, 1.54) is 5.57 Å². The van der Waals surface area contributed by atoms with Gasteiger partial charge in [-0.1, -0.05) is 24.3 Å². The van der Waals surface area contributed by atoms with E-state index >= 15 is 0 Å². The minimum absolute atomic E-state index is 0.681. The normalized spacial score (nSPS) is 17.3. The van der Waals surface area contributed by atoms with Gasteiger partial charge >= 0.3 is 0 Å². The maximum atomic E-state index is 5.63. The summed E-state index contributed by atoms with van der Waals surface area (Å²) in [7, 11) is 0. The van der Waals surface area contributed by atoms with Crippen LogP contribution in [0.3, 0.4) is 0 Å². The number of allylic oxidation sites excluding steroid dienone is 5. The monoisotopic (exact) mass is 190 g/mol. The third kappa shape index (κ3) is 3.65. The van der Waals surface area contributed by atoms with Gasteiger partial charge in [-0.15, -0.1) is 0 Å². The summed E-state index contributed by atoms with van der Waals surface area (Å²) in [6, 6.07) is 0. The molecular formula is C13H18O. The van der Waals surface area contributed by atoms with E-state index in [0.717, 1.165) is 18.6 Å². The summed E-state index contributed by atoms with van der Waals surface area (Å²) in [5, 5.41) is 0. The molecule has 0 N–H and O–H groups in total. The van der Waals surface area contributed by atoms with Crippen LogP contribution in [0.1, 0.15) is 26.7 Å². The first-order chi connectivity index (χ1) is 6.86. The molecule has 0 fully saturated rings. The van der Waals surface area contributed by atoms with Crippen LogP contribution in [-0.2, 0) is 4.74 Å². The van der Waals surface area contributed by atoms with Gasteiger partial charge in [0.2, 0.25) is 0 Å². The van der Waals surface area contributed by atoms with Crippen LogP contribution in [-0.4, -0.2) is 6.61 Å². The highest BCUT2D eigenvalue weighted by Gasteiger charge is 1.98. The van der Waals surface area contributed by atoms with Crippen LogP contribution >= 0.6 is 0 Å². The van der Waals surface area contributed by atoms with Crippen molar-refractivity contribution in [1.29, 1.82) is 0 Å². The highest BCUT2D eigenvalue weighted by atomic mass is 16.5. The zero-order valence-electron chi connectivity index (χ0n) is 8.99. The Balaban J connectivity index is 2.39. The first-order valence-electron chi connectivity index (χ1n) is 5.14. The quantitative estimate of drug-likeness (QED) is 0.484. The Kier molecular flexibility index (Phi) is 4.84. The maximum absolute atomic E-state index is 5.63. The fourth-order valence-electron chi connectivity index (χ4n) is 1.33. The van der Waals surface area contributed by atoms with Crippen molar-refractivity contribution in [2.45, 2.75) is 26.7 Å². The highest BCUT2D eigenvalue weighted by molar-refractivity contribution is 5.23. The molecule has 1 nitrogen and oxygen atoms in total. The second-order valence-electron chi connectivity index (χ2n) is 3.24. The van der Waals surface area contributed by atoms with Crippen LogP contribution in [0.15, 0.2) is 47.8 Å². The summed E-state index contributed by atoms with van der Waals surface area (Å²) in [4.78, 5) is 0. The number of ether oxygens (including phenoxy) is 1. The lowest BCUT2D eigenvalue weighted by molar-refractivity contribution is 0.254. The predicted octanol–water partition coefficient (Wildman–Crippen LogP) is 3.76. The summed E-state index contributed by atoms with van der Waals surface area (Å²) in [5.74, 6) is 0.937. The van der Waals surface area contributed by atoms with Crippen LogP contribution in [0.4, 0.5) is 0 Å². The highest BCUT2D eigenvalue weighted by Crippen LogP contribution is 2.11. The first-order valence-corrected chi connectivity index (χ1v) is 5.14. The Labute approximate surface area is 86.5 Å². The molecule has 0 bridgehead atoms. The molecule has 0 aliphatic heterocycles. The van der Waals surface area contributed by atoms with Crippen LogP contribution < -0.4 is 0 Å². The van der Waals surface area contributed by atoms with Crippen molar-refractivity contribution >= 4 is 0 Å². The molecule has 1 aliphatic rings. The Morgan fingerprint density at radius 1 is 1.43 bits per heavy atom. The minimum Gasteiger partial charge on any atom is -0.489 e. The van der Waals surface area contributed by atoms with Crippen molar-refractivity contribution in [1.82, 2.24) is 0 Å². The lowest BCUT2D eigenvalue weighted by Crippen LogP contribution is -1.97. The molecule has 0 unspecified atom stereocenters. The molecule has 0 saturated heterocycles. The molecule has 1 heteroatoms. The van der Waals surface area contributed by atoms with Crippen molar-refractivity contribution in [2.75, 3.05) is 6.61 Å². The zero-order chi connectivity index (χ0) is 10.2. The first kappa shape index (κ1) is 10.8. The molecule has 1 aliphatic carbocycles. The van der Waals surface area contributed by atoms with E-state index in [-0.39, 0.29) is 0 Å². The second kappa shape index (κ2) is 6.25. The van der Waals surface area contributed by atoms with Crippen LogP contribution in [0.5, 0.6) is 0 Å². The molecule has 0 aromatic rings. The minimum atomic E-state index is 0.681. The molecule has 0 heterocycles. The molecule has 14 heavy (non-hydrogen) atoms. The summed E-state index contributed by atoms with van der Waals surface area (Å²) in [6.07, 6.45) is 14.8. The molecule has 0 radical (unpaired) electrons. The predicted molar refractivity (Wildman–Crippen MR) is 61.0 cm³/mol. The lowest BCUT2D eigenvalue weighted by atomic mass is 10.1. The van der Waals surface area contributed by atoms with Gasteiger partial charge in [-0.25, -0.2) is 0 Å². The van der Waals surface area contributed by atoms with Gasteiger partial charge in [-0.3, -0.25) is 0 Å². The summed E-state index contributed by atoms with van der Waals surface area (Å²) >= 11 is 0. The Bertz CT molecular complexity index is 276. The van der Waals surface area contributed by atoms with Crippen molar-refractivity contribution < 1.29 is 4.74 Å². The van der Waals surface area contributed by atoms with E-state index in [4.69, 9.17) is 4.74 Å². The van der Waals surface area contributed by atoms with Crippen LogP contribution in [0.2, 0.25) is 0 Å². The fraction of sp³-hybridized carbons (Fsp3) is 0.385. The van der Waals surface area contributed by atoms with Gasteiger partial charge in [0.05, 0.1) is 0 Å². The Morgan fingerprint density at radius 3 is 2.86 bits per heavy atom. The van der Waals surface area contributed by atoms with Gasteiger partial charge in [0, 0.05) is 0 Å². The van der Waals surface area contributed by atoms with E-state index in [9.17, 15) is 0 Å². The van der Waals surface area contributed by atoms with Gasteiger partial charge < -0.3 is 4.74 Å². The molecule has 0 aromatic carbocycles. The van der Waals surface area contributed by atoms with E-state index in [2.05, 4.69) is 18.2 Å². The van der Waals surface area contributed by atoms with Gasteiger partial charge in [0.1, 0.15) is 12.4 Å². The largest absolute Gasteiger partial charge is 0.489 e. The van der Waals surface area contributed by atoms with Gasteiger partial charge in [-0.05, 0) is 44.4 Å². The lowest BCUT2D eigenvalue weighted by Gasteiger charge is -2.09. The summed E-state index contributed by atoms with van der Waals surface area (Å²) in [5.41, 5.74) is 1.28. The average molecular weight is 190 g/mol. The third-order valence-corrected chi connectivity index (χ3v) is 2.09. The van der Waals surface area contributed by atoms with Crippen LogP contribution in [0, 0.1) is 0 Å². The van der Waals surface area contributed by atoms with Gasteiger partial charge in [0.15, 0.2) is 0 Å². The fourth-order valence-corrected chi connectivity index (χ4v) is 1.33. The summed E-state index contributed by atoms with van der Waals surface area (Å²) in [6.45, 7) is 4.66. The second-order valence-corrected chi connectivity index (χ2v) is 3.24. The number of rotatable bonds is 4. The smallest absolute Gasteiger partial charge is 0.115 e. The maximum Gasteiger partial charge on any atom is 0.115 e. The van der Waals surface area contributed by atoms with Crippen molar-refractivity contribution in [3.63, 3.8) is 0 Å². The molecule has 0 atom stereocenters. The topological polar surface area (TPSA) is 9.23 Å². The van der Waals surface area contributed by atoms with E-state index in [1.807, 2.05) is 32.1 Å². The molecular weight excluding hydrogens is 172 g/mol. The van der Waals surface area contributed by atoms with Gasteiger partial charge in [0.25, 0.3) is 0 Å². The molecule has 76 valence electrons. The number of hydrogen-bond donors (Lipinski definition) is 0. The van der Waals surface area contributed by atoms with E-state index < -0.39 is 0 Å². The Hall–Kier alpha value is -1.24. The standard InChI is InChI=1S/C13H18O/c1-3-8-13(4-2)14-11-12-9-6-5-7-10-12/h3-4,6,8-10H,5,7,11H2,1-2H3/b8-3-,13-4+. The molecule has 0 amide bonds. The van der Waals surface area contributed by atoms with E-state index in [1.54, 1.807) is 0 Å². The van der Waals surface area contributed by atoms with Gasteiger partial charge in [-0.2, -0.15) is 0 Å². The Morgan fingerprint density at radius 2 is 2.29 bits per heavy atom. The average Bonchev–Trinajstić information content (AvgIpc) is 2.25. The van der Waals surface area contributed by atoms with Crippen molar-refractivity contribution in [2.24, 2.45) is 0 Å². The third-order valence-electron chi connectivity index (χ3n) is 2.09. The molecule has 0 aromatic heterocycles. The van der Waals surface area contributed by atoms with Crippen LogP contribution in [0.25, 0.3) is 0 Å². The van der Waals surface area contributed by atoms with Crippen molar-refractivity contribution in [3.8, 4) is 0 Å². The molecule has 1 rings (SSSR count). The SMILES string of the molecule is C/C=C\C(=C/C)OCC1=CCCC=C1. The molecule has 0 saturated carbocycles. The van der Waals surface area contributed by atoms with Crippen molar-refractivity contribution in [3.05, 3.63) is 47.8 Å². The summed E-state index contributed by atoms with van der Waals surface area (Å²) < 4.78 is 5.63. The number of hydrogen-bond acceptors (Lipinski definition) is 1.